The molecule has 2 N–H and O–H groups in total. The van der Waals surface area contributed by atoms with Gasteiger partial charge in [-0.15, -0.1) is 0 Å². The summed E-state index contributed by atoms with van der Waals surface area (Å²) in [6.07, 6.45) is 0. The molecule has 0 atom stereocenters. The van der Waals surface area contributed by atoms with Crippen molar-refractivity contribution in [2.24, 2.45) is 0 Å². The van der Waals surface area contributed by atoms with Crippen LogP contribution in [-0.2, 0) is 14.8 Å². The van der Waals surface area contributed by atoms with Crippen molar-refractivity contribution in [3.8, 4) is 5.75 Å². The van der Waals surface area contributed by atoms with Gasteiger partial charge in [0, 0.05) is 18.3 Å². The average molecular weight is 362 g/mol. The molecule has 134 valence electrons. The maximum atomic E-state index is 12.6. The lowest BCUT2D eigenvalue weighted by Crippen LogP contribution is -2.14. The summed E-state index contributed by atoms with van der Waals surface area (Å²) in [5.41, 5.74) is 1.84. The highest BCUT2D eigenvalue weighted by atomic mass is 32.2. The van der Waals surface area contributed by atoms with E-state index in [0.717, 1.165) is 5.56 Å². The summed E-state index contributed by atoms with van der Waals surface area (Å²) in [5.74, 6) is 0.600. The zero-order valence-corrected chi connectivity index (χ0v) is 15.5. The lowest BCUT2D eigenvalue weighted by atomic mass is 10.0. The van der Waals surface area contributed by atoms with Crippen molar-refractivity contribution in [3.63, 3.8) is 0 Å². The number of anilines is 2. The SMILES string of the molecule is COc1ccc(S(=O)(=O)Nc2ccc(NC(C)=O)cc2)cc1C(C)C. The van der Waals surface area contributed by atoms with Gasteiger partial charge in [-0.3, -0.25) is 9.52 Å². The summed E-state index contributed by atoms with van der Waals surface area (Å²) in [7, 11) is -2.16. The standard InChI is InChI=1S/C18H22N2O4S/c1-12(2)17-11-16(9-10-18(17)24-4)25(22,23)20-15-7-5-14(6-8-15)19-13(3)21/h5-12,20H,1-4H3,(H,19,21). The summed E-state index contributed by atoms with van der Waals surface area (Å²) >= 11 is 0. The highest BCUT2D eigenvalue weighted by Gasteiger charge is 2.18. The van der Waals surface area contributed by atoms with Crippen molar-refractivity contribution in [2.45, 2.75) is 31.6 Å². The fraction of sp³-hybridized carbons (Fsp3) is 0.278. The van der Waals surface area contributed by atoms with Gasteiger partial charge in [-0.2, -0.15) is 0 Å². The summed E-state index contributed by atoms with van der Waals surface area (Å²) < 4.78 is 33.1. The van der Waals surface area contributed by atoms with Crippen LogP contribution in [-0.4, -0.2) is 21.4 Å². The molecule has 0 aliphatic carbocycles. The van der Waals surface area contributed by atoms with E-state index in [2.05, 4.69) is 10.0 Å². The van der Waals surface area contributed by atoms with Crippen molar-refractivity contribution in [3.05, 3.63) is 48.0 Å². The Hall–Kier alpha value is -2.54. The van der Waals surface area contributed by atoms with E-state index in [1.165, 1.54) is 13.0 Å². The van der Waals surface area contributed by atoms with Gasteiger partial charge in [-0.1, -0.05) is 13.8 Å². The molecule has 25 heavy (non-hydrogen) atoms. The summed E-state index contributed by atoms with van der Waals surface area (Å²) in [6, 6.07) is 11.2. The number of nitrogens with one attached hydrogen (secondary N) is 2. The molecule has 2 aromatic carbocycles. The van der Waals surface area contributed by atoms with E-state index < -0.39 is 10.0 Å². The smallest absolute Gasteiger partial charge is 0.261 e. The third kappa shape index (κ3) is 4.73. The fourth-order valence-corrected chi connectivity index (χ4v) is 3.46. The van der Waals surface area contributed by atoms with Crippen molar-refractivity contribution in [1.82, 2.24) is 0 Å². The minimum atomic E-state index is -3.72. The first kappa shape index (κ1) is 18.8. The molecule has 0 heterocycles. The predicted octanol–water partition coefficient (Wildman–Crippen LogP) is 3.58. The van der Waals surface area contributed by atoms with Crippen molar-refractivity contribution < 1.29 is 17.9 Å². The number of carbonyl (C=O) groups is 1. The van der Waals surface area contributed by atoms with Crippen LogP contribution in [0.4, 0.5) is 11.4 Å². The number of hydrogen-bond acceptors (Lipinski definition) is 4. The van der Waals surface area contributed by atoms with Crippen LogP contribution < -0.4 is 14.8 Å². The molecule has 0 aromatic heterocycles. The zero-order chi connectivity index (χ0) is 18.6. The molecule has 0 radical (unpaired) electrons. The van der Waals surface area contributed by atoms with Gasteiger partial charge >= 0.3 is 0 Å². The number of carbonyl (C=O) groups excluding carboxylic acids is 1. The van der Waals surface area contributed by atoms with E-state index in [9.17, 15) is 13.2 Å². The highest BCUT2D eigenvalue weighted by molar-refractivity contribution is 7.92. The van der Waals surface area contributed by atoms with E-state index >= 15 is 0 Å². The molecule has 0 saturated carbocycles. The van der Waals surface area contributed by atoms with Gasteiger partial charge < -0.3 is 10.1 Å². The third-order valence-corrected chi connectivity index (χ3v) is 4.97. The minimum Gasteiger partial charge on any atom is -0.496 e. The Morgan fingerprint density at radius 1 is 1.04 bits per heavy atom. The van der Waals surface area contributed by atoms with Crippen LogP contribution in [0.15, 0.2) is 47.4 Å². The molecule has 0 spiro atoms. The third-order valence-electron chi connectivity index (χ3n) is 3.59. The second kappa shape index (κ2) is 7.57. The van der Waals surface area contributed by atoms with E-state index in [1.54, 1.807) is 43.5 Å². The molecule has 7 heteroatoms. The summed E-state index contributed by atoms with van der Waals surface area (Å²) in [4.78, 5) is 11.2. The Bertz CT molecular complexity index is 859. The highest BCUT2D eigenvalue weighted by Crippen LogP contribution is 2.29. The first-order chi connectivity index (χ1) is 11.7. The number of rotatable bonds is 6. The van der Waals surface area contributed by atoms with Gasteiger partial charge in [-0.05, 0) is 53.9 Å². The van der Waals surface area contributed by atoms with Crippen LogP contribution in [0.25, 0.3) is 0 Å². The van der Waals surface area contributed by atoms with Gasteiger partial charge in [0.1, 0.15) is 5.75 Å². The molecule has 6 nitrogen and oxygen atoms in total. The Labute approximate surface area is 148 Å². The van der Waals surface area contributed by atoms with Gasteiger partial charge in [0.2, 0.25) is 5.91 Å². The summed E-state index contributed by atoms with van der Waals surface area (Å²) in [5, 5.41) is 2.63. The Morgan fingerprint density at radius 2 is 1.64 bits per heavy atom. The molecule has 1 amide bonds. The maximum Gasteiger partial charge on any atom is 0.261 e. The molecule has 0 bridgehead atoms. The number of amides is 1. The molecule has 2 rings (SSSR count). The molecule has 0 saturated heterocycles. The molecule has 0 aliphatic heterocycles. The normalized spacial score (nSPS) is 11.2. The number of hydrogen-bond donors (Lipinski definition) is 2. The van der Waals surface area contributed by atoms with Gasteiger partial charge in [0.15, 0.2) is 0 Å². The van der Waals surface area contributed by atoms with Crippen molar-refractivity contribution in [1.29, 1.82) is 0 Å². The van der Waals surface area contributed by atoms with Gasteiger partial charge in [-0.25, -0.2) is 8.42 Å². The lowest BCUT2D eigenvalue weighted by molar-refractivity contribution is -0.114. The van der Waals surface area contributed by atoms with Crippen LogP contribution in [0.2, 0.25) is 0 Å². The van der Waals surface area contributed by atoms with Crippen LogP contribution in [0, 0.1) is 0 Å². The first-order valence-corrected chi connectivity index (χ1v) is 9.29. The second-order valence-electron chi connectivity index (χ2n) is 5.92. The summed E-state index contributed by atoms with van der Waals surface area (Å²) in [6.45, 7) is 5.36. The monoisotopic (exact) mass is 362 g/mol. The van der Waals surface area contributed by atoms with Crippen LogP contribution in [0.5, 0.6) is 5.75 Å². The quantitative estimate of drug-likeness (QED) is 0.823. The molecular weight excluding hydrogens is 340 g/mol. The molecular formula is C18H22N2O4S. The van der Waals surface area contributed by atoms with Gasteiger partial charge in [0.05, 0.1) is 12.0 Å². The van der Waals surface area contributed by atoms with Gasteiger partial charge in [0.25, 0.3) is 10.0 Å². The molecule has 0 aliphatic rings. The van der Waals surface area contributed by atoms with E-state index in [4.69, 9.17) is 4.74 Å². The van der Waals surface area contributed by atoms with Crippen LogP contribution in [0.1, 0.15) is 32.3 Å². The number of methoxy groups -OCH3 is 1. The minimum absolute atomic E-state index is 0.127. The predicted molar refractivity (Wildman–Crippen MR) is 98.6 cm³/mol. The first-order valence-electron chi connectivity index (χ1n) is 7.81. The van der Waals surface area contributed by atoms with E-state index in [-0.39, 0.29) is 16.7 Å². The van der Waals surface area contributed by atoms with Crippen LogP contribution >= 0.6 is 0 Å². The second-order valence-corrected chi connectivity index (χ2v) is 7.60. The Kier molecular flexibility index (Phi) is 5.69. The molecule has 2 aromatic rings. The lowest BCUT2D eigenvalue weighted by Gasteiger charge is -2.14. The number of ether oxygens (including phenoxy) is 1. The Morgan fingerprint density at radius 3 is 2.16 bits per heavy atom. The van der Waals surface area contributed by atoms with Crippen molar-refractivity contribution >= 4 is 27.3 Å². The Balaban J connectivity index is 2.27. The largest absolute Gasteiger partial charge is 0.496 e. The molecule has 0 fully saturated rings. The average Bonchev–Trinajstić information content (AvgIpc) is 2.55. The topological polar surface area (TPSA) is 84.5 Å². The van der Waals surface area contributed by atoms with E-state index in [1.807, 2.05) is 13.8 Å². The number of sulfonamides is 1. The number of benzene rings is 2. The van der Waals surface area contributed by atoms with Crippen LogP contribution in [0.3, 0.4) is 0 Å². The molecule has 0 unspecified atom stereocenters. The maximum absolute atomic E-state index is 12.6. The zero-order valence-electron chi connectivity index (χ0n) is 14.7. The van der Waals surface area contributed by atoms with E-state index in [0.29, 0.717) is 17.1 Å². The fourth-order valence-electron chi connectivity index (χ4n) is 2.37. The van der Waals surface area contributed by atoms with Crippen molar-refractivity contribution in [2.75, 3.05) is 17.1 Å².